The molecule has 1 heterocycles. The number of benzene rings is 1. The Morgan fingerprint density at radius 1 is 1.12 bits per heavy atom. The van der Waals surface area contributed by atoms with Crippen LogP contribution in [0.5, 0.6) is 0 Å². The Morgan fingerprint density at radius 3 is 2.62 bits per heavy atom. The molecule has 2 rings (SSSR count). The lowest BCUT2D eigenvalue weighted by Crippen LogP contribution is -1.97. The Hall–Kier alpha value is -1.49. The highest BCUT2D eigenvalue weighted by molar-refractivity contribution is 9.10. The second-order valence-corrected chi connectivity index (χ2v) is 4.01. The van der Waals surface area contributed by atoms with Crippen LogP contribution < -0.4 is 5.32 Å². The second kappa shape index (κ2) is 4.57. The summed E-state index contributed by atoms with van der Waals surface area (Å²) in [7, 11) is 0. The summed E-state index contributed by atoms with van der Waals surface area (Å²) in [6, 6.07) is 8.84. The third-order valence-corrected chi connectivity index (χ3v) is 2.40. The van der Waals surface area contributed by atoms with E-state index in [1.54, 1.807) is 18.2 Å². The topological polar surface area (TPSA) is 24.9 Å². The lowest BCUT2D eigenvalue weighted by molar-refractivity contribution is 0.585. The molecule has 0 aliphatic heterocycles. The molecule has 0 bridgehead atoms. The quantitative estimate of drug-likeness (QED) is 0.847. The molecule has 2 aromatic rings. The highest BCUT2D eigenvalue weighted by Crippen LogP contribution is 2.22. The van der Waals surface area contributed by atoms with E-state index in [1.165, 1.54) is 18.2 Å². The normalized spacial score (nSPS) is 10.2. The monoisotopic (exact) mass is 284 g/mol. The summed E-state index contributed by atoms with van der Waals surface area (Å²) in [4.78, 5) is 3.58. The number of nitrogens with zero attached hydrogens (tertiary/aromatic N) is 1. The molecule has 1 aromatic carbocycles. The van der Waals surface area contributed by atoms with Crippen molar-refractivity contribution in [1.82, 2.24) is 4.98 Å². The molecule has 0 unspecified atom stereocenters. The van der Waals surface area contributed by atoms with Crippen molar-refractivity contribution in [2.24, 2.45) is 0 Å². The zero-order chi connectivity index (χ0) is 11.5. The average Bonchev–Trinajstić information content (AvgIpc) is 2.22. The van der Waals surface area contributed by atoms with Gasteiger partial charge in [-0.05, 0) is 30.3 Å². The number of halogens is 3. The summed E-state index contributed by atoms with van der Waals surface area (Å²) in [5.41, 5.74) is 0.251. The molecule has 0 saturated carbocycles. The van der Waals surface area contributed by atoms with Gasteiger partial charge in [0, 0.05) is 4.47 Å². The van der Waals surface area contributed by atoms with Crippen molar-refractivity contribution < 1.29 is 8.78 Å². The molecule has 0 atom stereocenters. The van der Waals surface area contributed by atoms with Crippen molar-refractivity contribution in [1.29, 1.82) is 0 Å². The van der Waals surface area contributed by atoms with E-state index < -0.39 is 11.8 Å². The minimum atomic E-state index is -0.609. The van der Waals surface area contributed by atoms with Crippen molar-refractivity contribution in [3.63, 3.8) is 0 Å². The third kappa shape index (κ3) is 2.55. The van der Waals surface area contributed by atoms with Crippen LogP contribution >= 0.6 is 15.9 Å². The number of aromatic nitrogens is 1. The van der Waals surface area contributed by atoms with Crippen LogP contribution in [0.3, 0.4) is 0 Å². The van der Waals surface area contributed by atoms with Gasteiger partial charge in [-0.2, -0.15) is 4.39 Å². The Morgan fingerprint density at radius 2 is 1.94 bits per heavy atom. The summed E-state index contributed by atoms with van der Waals surface area (Å²) in [6.45, 7) is 0. The maximum absolute atomic E-state index is 13.4. The van der Waals surface area contributed by atoms with Gasteiger partial charge in [0.2, 0.25) is 5.95 Å². The van der Waals surface area contributed by atoms with Gasteiger partial charge in [0.25, 0.3) is 0 Å². The van der Waals surface area contributed by atoms with Crippen molar-refractivity contribution >= 4 is 27.4 Å². The van der Waals surface area contributed by atoms with Gasteiger partial charge in [0.15, 0.2) is 0 Å². The molecule has 2 nitrogen and oxygen atoms in total. The van der Waals surface area contributed by atoms with Crippen LogP contribution in [0.25, 0.3) is 0 Å². The molecule has 1 aromatic heterocycles. The zero-order valence-corrected chi connectivity index (χ0v) is 9.63. The van der Waals surface area contributed by atoms with E-state index in [0.717, 1.165) is 0 Å². The van der Waals surface area contributed by atoms with Crippen molar-refractivity contribution in [3.8, 4) is 0 Å². The van der Waals surface area contributed by atoms with Gasteiger partial charge >= 0.3 is 0 Å². The minimum Gasteiger partial charge on any atom is -0.338 e. The SMILES string of the molecule is Fc1cccc(Nc2ccc(Br)cc2F)n1. The zero-order valence-electron chi connectivity index (χ0n) is 8.05. The maximum Gasteiger partial charge on any atom is 0.214 e. The van der Waals surface area contributed by atoms with Crippen LogP contribution in [-0.4, -0.2) is 4.98 Å². The van der Waals surface area contributed by atoms with E-state index in [0.29, 0.717) is 4.47 Å². The fourth-order valence-electron chi connectivity index (χ4n) is 1.21. The molecule has 1 N–H and O–H groups in total. The molecule has 0 aliphatic rings. The van der Waals surface area contributed by atoms with Crippen molar-refractivity contribution in [2.75, 3.05) is 5.32 Å². The van der Waals surface area contributed by atoms with Crippen LogP contribution in [-0.2, 0) is 0 Å². The molecule has 82 valence electrons. The Labute approximate surface area is 99.5 Å². The molecule has 5 heteroatoms. The smallest absolute Gasteiger partial charge is 0.214 e. The summed E-state index contributed by atoms with van der Waals surface area (Å²) in [5, 5.41) is 2.69. The van der Waals surface area contributed by atoms with Gasteiger partial charge in [-0.15, -0.1) is 0 Å². The third-order valence-electron chi connectivity index (χ3n) is 1.91. The Bertz CT molecular complexity index is 517. The number of hydrogen-bond acceptors (Lipinski definition) is 2. The number of anilines is 2. The van der Waals surface area contributed by atoms with E-state index in [4.69, 9.17) is 0 Å². The lowest BCUT2D eigenvalue weighted by Gasteiger charge is -2.06. The molecule has 0 fully saturated rings. The second-order valence-electron chi connectivity index (χ2n) is 3.09. The summed E-state index contributed by atoms with van der Waals surface area (Å²) < 4.78 is 26.8. The van der Waals surface area contributed by atoms with Crippen LogP contribution in [0.4, 0.5) is 20.3 Å². The maximum atomic E-state index is 13.4. The summed E-state index contributed by atoms with van der Waals surface area (Å²) in [5.74, 6) is -0.774. The molecular formula is C11H7BrF2N2. The fourth-order valence-corrected chi connectivity index (χ4v) is 1.54. The van der Waals surface area contributed by atoms with Crippen LogP contribution in [0.2, 0.25) is 0 Å². The standard InChI is InChI=1S/C11H7BrF2N2/c12-7-4-5-9(8(13)6-7)15-11-3-1-2-10(14)16-11/h1-6H,(H,15,16). The molecule has 0 saturated heterocycles. The predicted octanol–water partition coefficient (Wildman–Crippen LogP) is 3.87. The first kappa shape index (κ1) is 11.0. The van der Waals surface area contributed by atoms with Gasteiger partial charge < -0.3 is 5.32 Å². The van der Waals surface area contributed by atoms with E-state index in [1.807, 2.05) is 0 Å². The average molecular weight is 285 g/mol. The largest absolute Gasteiger partial charge is 0.338 e. The lowest BCUT2D eigenvalue weighted by atomic mass is 10.3. The van der Waals surface area contributed by atoms with Crippen LogP contribution in [0.1, 0.15) is 0 Å². The minimum absolute atomic E-state index is 0.251. The van der Waals surface area contributed by atoms with E-state index in [9.17, 15) is 8.78 Å². The van der Waals surface area contributed by atoms with Gasteiger partial charge in [0.1, 0.15) is 11.6 Å². The number of hydrogen-bond donors (Lipinski definition) is 1. The number of pyridine rings is 1. The fraction of sp³-hybridized carbons (Fsp3) is 0. The van der Waals surface area contributed by atoms with Gasteiger partial charge in [-0.3, -0.25) is 0 Å². The molecule has 0 radical (unpaired) electrons. The Kier molecular flexibility index (Phi) is 3.14. The number of rotatable bonds is 2. The van der Waals surface area contributed by atoms with Crippen LogP contribution in [0.15, 0.2) is 40.9 Å². The van der Waals surface area contributed by atoms with Gasteiger partial charge in [-0.25, -0.2) is 9.37 Å². The molecule has 0 aliphatic carbocycles. The van der Waals surface area contributed by atoms with Crippen LogP contribution in [0, 0.1) is 11.8 Å². The highest BCUT2D eigenvalue weighted by atomic mass is 79.9. The molecule has 0 spiro atoms. The highest BCUT2D eigenvalue weighted by Gasteiger charge is 2.04. The number of nitrogens with one attached hydrogen (secondary N) is 1. The summed E-state index contributed by atoms with van der Waals surface area (Å²) >= 11 is 3.15. The molecule has 16 heavy (non-hydrogen) atoms. The summed E-state index contributed by atoms with van der Waals surface area (Å²) in [6.07, 6.45) is 0. The van der Waals surface area contributed by atoms with E-state index in [2.05, 4.69) is 26.2 Å². The van der Waals surface area contributed by atoms with E-state index in [-0.39, 0.29) is 11.5 Å². The first-order valence-electron chi connectivity index (χ1n) is 4.50. The Balaban J connectivity index is 2.27. The van der Waals surface area contributed by atoms with Gasteiger partial charge in [-0.1, -0.05) is 22.0 Å². The van der Waals surface area contributed by atoms with Gasteiger partial charge in [0.05, 0.1) is 5.69 Å². The first-order valence-corrected chi connectivity index (χ1v) is 5.29. The predicted molar refractivity (Wildman–Crippen MR) is 61.6 cm³/mol. The first-order chi connectivity index (χ1) is 7.65. The van der Waals surface area contributed by atoms with E-state index >= 15 is 0 Å². The van der Waals surface area contributed by atoms with Crippen molar-refractivity contribution in [2.45, 2.75) is 0 Å². The molecular weight excluding hydrogens is 278 g/mol. The molecule has 0 amide bonds. The van der Waals surface area contributed by atoms with Crippen molar-refractivity contribution in [3.05, 3.63) is 52.6 Å².